The Morgan fingerprint density at radius 2 is 2.14 bits per heavy atom. The van der Waals surface area contributed by atoms with Crippen LogP contribution in [0.4, 0.5) is 0 Å². The zero-order valence-electron chi connectivity index (χ0n) is 9.34. The average Bonchev–Trinajstić information content (AvgIpc) is 2.02. The normalized spacial score (nSPS) is 13.4. The van der Waals surface area contributed by atoms with Crippen molar-refractivity contribution < 1.29 is 9.90 Å². The quantitative estimate of drug-likeness (QED) is 0.659. The Balaban J connectivity index is 4.22. The zero-order valence-corrected chi connectivity index (χ0v) is 9.34. The molecule has 2 N–H and O–H groups in total. The molecular formula is C11H21NO2. The van der Waals surface area contributed by atoms with Crippen LogP contribution in [0, 0.1) is 5.41 Å². The predicted molar refractivity (Wildman–Crippen MR) is 57.9 cm³/mol. The molecule has 0 saturated heterocycles. The Morgan fingerprint density at radius 1 is 1.57 bits per heavy atom. The lowest BCUT2D eigenvalue weighted by atomic mass is 9.85. The lowest BCUT2D eigenvalue weighted by Crippen LogP contribution is -2.44. The Kier molecular flexibility index (Phi) is 5.46. The van der Waals surface area contributed by atoms with E-state index < -0.39 is 0 Å². The van der Waals surface area contributed by atoms with Gasteiger partial charge < -0.3 is 10.4 Å². The van der Waals surface area contributed by atoms with Crippen LogP contribution in [-0.4, -0.2) is 23.7 Å². The molecule has 1 amide bonds. The summed E-state index contributed by atoms with van der Waals surface area (Å²) in [5, 5.41) is 11.8. The molecule has 3 nitrogen and oxygen atoms in total. The summed E-state index contributed by atoms with van der Waals surface area (Å²) in [5.41, 5.74) is -0.0282. The SMILES string of the molecule is C=CCC(=O)NC(CCO)C(C)(C)C. The number of hydrogen-bond donors (Lipinski definition) is 2. The topological polar surface area (TPSA) is 49.3 Å². The minimum atomic E-state index is -0.0339. The van der Waals surface area contributed by atoms with Crippen molar-refractivity contribution in [3.05, 3.63) is 12.7 Å². The number of aliphatic hydroxyl groups is 1. The second-order valence-corrected chi connectivity index (χ2v) is 4.49. The summed E-state index contributed by atoms with van der Waals surface area (Å²) in [4.78, 5) is 11.3. The van der Waals surface area contributed by atoms with E-state index in [1.807, 2.05) is 20.8 Å². The predicted octanol–water partition coefficient (Wildman–Crippen LogP) is 1.48. The van der Waals surface area contributed by atoms with Gasteiger partial charge in [0.25, 0.3) is 0 Å². The fourth-order valence-electron chi connectivity index (χ4n) is 1.24. The Labute approximate surface area is 86.2 Å². The van der Waals surface area contributed by atoms with Gasteiger partial charge in [0.15, 0.2) is 0 Å². The highest BCUT2D eigenvalue weighted by Gasteiger charge is 2.25. The second kappa shape index (κ2) is 5.81. The summed E-state index contributed by atoms with van der Waals surface area (Å²) >= 11 is 0. The number of carbonyl (C=O) groups excluding carboxylic acids is 1. The van der Waals surface area contributed by atoms with E-state index in [4.69, 9.17) is 5.11 Å². The van der Waals surface area contributed by atoms with E-state index in [0.29, 0.717) is 12.8 Å². The molecule has 14 heavy (non-hydrogen) atoms. The molecule has 0 bridgehead atoms. The van der Waals surface area contributed by atoms with E-state index >= 15 is 0 Å². The minimum Gasteiger partial charge on any atom is -0.396 e. The van der Waals surface area contributed by atoms with Crippen molar-refractivity contribution in [2.24, 2.45) is 5.41 Å². The van der Waals surface area contributed by atoms with Crippen LogP contribution >= 0.6 is 0 Å². The Hall–Kier alpha value is -0.830. The van der Waals surface area contributed by atoms with Gasteiger partial charge in [0.1, 0.15) is 0 Å². The zero-order chi connectivity index (χ0) is 11.2. The van der Waals surface area contributed by atoms with Gasteiger partial charge in [-0.25, -0.2) is 0 Å². The largest absolute Gasteiger partial charge is 0.396 e. The highest BCUT2D eigenvalue weighted by atomic mass is 16.3. The molecule has 0 radical (unpaired) electrons. The summed E-state index contributed by atoms with van der Waals surface area (Å²) in [6, 6.07) is 0.0138. The molecule has 0 spiro atoms. The Bertz CT molecular complexity index is 194. The van der Waals surface area contributed by atoms with Crippen molar-refractivity contribution in [1.29, 1.82) is 0 Å². The summed E-state index contributed by atoms with van der Waals surface area (Å²) in [6.07, 6.45) is 2.50. The summed E-state index contributed by atoms with van der Waals surface area (Å²) in [7, 11) is 0. The molecule has 0 fully saturated rings. The van der Waals surface area contributed by atoms with Gasteiger partial charge in [-0.1, -0.05) is 26.8 Å². The molecule has 0 aromatic rings. The summed E-state index contributed by atoms with van der Waals surface area (Å²) in [6.45, 7) is 9.73. The molecule has 0 aliphatic heterocycles. The number of rotatable bonds is 5. The van der Waals surface area contributed by atoms with E-state index in [1.54, 1.807) is 6.08 Å². The maximum Gasteiger partial charge on any atom is 0.224 e. The number of nitrogens with one attached hydrogen (secondary N) is 1. The first kappa shape index (κ1) is 13.2. The van der Waals surface area contributed by atoms with Crippen LogP contribution in [0.1, 0.15) is 33.6 Å². The second-order valence-electron chi connectivity index (χ2n) is 4.49. The molecule has 1 unspecified atom stereocenters. The van der Waals surface area contributed by atoms with Gasteiger partial charge >= 0.3 is 0 Å². The first-order valence-electron chi connectivity index (χ1n) is 4.93. The Morgan fingerprint density at radius 3 is 2.50 bits per heavy atom. The molecular weight excluding hydrogens is 178 g/mol. The van der Waals surface area contributed by atoms with Crippen LogP contribution in [0.25, 0.3) is 0 Å². The number of carbonyl (C=O) groups is 1. The van der Waals surface area contributed by atoms with E-state index in [0.717, 1.165) is 0 Å². The highest BCUT2D eigenvalue weighted by Crippen LogP contribution is 2.21. The van der Waals surface area contributed by atoms with Crippen molar-refractivity contribution in [2.75, 3.05) is 6.61 Å². The van der Waals surface area contributed by atoms with Crippen LogP contribution in [0.3, 0.4) is 0 Å². The smallest absolute Gasteiger partial charge is 0.224 e. The van der Waals surface area contributed by atoms with Gasteiger partial charge in [0, 0.05) is 19.1 Å². The summed E-state index contributed by atoms with van der Waals surface area (Å²) in [5.74, 6) is -0.0339. The molecule has 0 rings (SSSR count). The first-order valence-corrected chi connectivity index (χ1v) is 4.93. The average molecular weight is 199 g/mol. The van der Waals surface area contributed by atoms with E-state index in [9.17, 15) is 4.79 Å². The molecule has 0 saturated carbocycles. The van der Waals surface area contributed by atoms with Gasteiger partial charge in [0.2, 0.25) is 5.91 Å². The van der Waals surface area contributed by atoms with Gasteiger partial charge in [-0.3, -0.25) is 4.79 Å². The van der Waals surface area contributed by atoms with E-state index in [-0.39, 0.29) is 24.0 Å². The lowest BCUT2D eigenvalue weighted by Gasteiger charge is -2.31. The molecule has 82 valence electrons. The molecule has 0 aliphatic carbocycles. The maximum absolute atomic E-state index is 11.3. The van der Waals surface area contributed by atoms with Crippen molar-refractivity contribution in [2.45, 2.75) is 39.7 Å². The fraction of sp³-hybridized carbons (Fsp3) is 0.727. The van der Waals surface area contributed by atoms with Crippen molar-refractivity contribution in [1.82, 2.24) is 5.32 Å². The molecule has 0 heterocycles. The third-order valence-electron chi connectivity index (χ3n) is 2.13. The fourth-order valence-corrected chi connectivity index (χ4v) is 1.24. The van der Waals surface area contributed by atoms with Gasteiger partial charge in [-0.05, 0) is 11.8 Å². The van der Waals surface area contributed by atoms with Crippen LogP contribution in [0.5, 0.6) is 0 Å². The first-order chi connectivity index (χ1) is 6.41. The molecule has 1 atom stereocenters. The minimum absolute atomic E-state index is 0.0138. The van der Waals surface area contributed by atoms with Gasteiger partial charge in [-0.2, -0.15) is 0 Å². The van der Waals surface area contributed by atoms with Crippen LogP contribution in [-0.2, 0) is 4.79 Å². The van der Waals surface area contributed by atoms with Crippen LogP contribution in [0.15, 0.2) is 12.7 Å². The van der Waals surface area contributed by atoms with E-state index in [1.165, 1.54) is 0 Å². The third-order valence-corrected chi connectivity index (χ3v) is 2.13. The van der Waals surface area contributed by atoms with Crippen LogP contribution in [0.2, 0.25) is 0 Å². The highest BCUT2D eigenvalue weighted by molar-refractivity contribution is 5.77. The van der Waals surface area contributed by atoms with Crippen LogP contribution < -0.4 is 5.32 Å². The number of hydrogen-bond acceptors (Lipinski definition) is 2. The third kappa shape index (κ3) is 5.02. The van der Waals surface area contributed by atoms with Crippen molar-refractivity contribution >= 4 is 5.91 Å². The molecule has 3 heteroatoms. The van der Waals surface area contributed by atoms with Gasteiger partial charge in [-0.15, -0.1) is 6.58 Å². The maximum atomic E-state index is 11.3. The molecule has 0 aromatic carbocycles. The molecule has 0 aromatic heterocycles. The van der Waals surface area contributed by atoms with Crippen molar-refractivity contribution in [3.8, 4) is 0 Å². The van der Waals surface area contributed by atoms with Crippen molar-refractivity contribution in [3.63, 3.8) is 0 Å². The lowest BCUT2D eigenvalue weighted by molar-refractivity contribution is -0.121. The summed E-state index contributed by atoms with van der Waals surface area (Å²) < 4.78 is 0. The monoisotopic (exact) mass is 199 g/mol. The number of amides is 1. The van der Waals surface area contributed by atoms with E-state index in [2.05, 4.69) is 11.9 Å². The van der Waals surface area contributed by atoms with Gasteiger partial charge in [0.05, 0.1) is 0 Å². The number of aliphatic hydroxyl groups excluding tert-OH is 1. The molecule has 0 aliphatic rings. The standard InChI is InChI=1S/C11H21NO2/c1-5-6-10(14)12-9(7-8-13)11(2,3)4/h5,9,13H,1,6-8H2,2-4H3,(H,12,14).